The monoisotopic (exact) mass is 408 g/mol. The molecule has 0 aromatic carbocycles. The topological polar surface area (TPSA) is 66.0 Å². The molecule has 1 fully saturated rings. The number of nitrogens with one attached hydrogen (secondary N) is 2. The Morgan fingerprint density at radius 3 is 2.79 bits per heavy atom. The van der Waals surface area contributed by atoms with Gasteiger partial charge in [0.15, 0.2) is 5.96 Å². The highest BCUT2D eigenvalue weighted by molar-refractivity contribution is 7.09. The molecule has 2 unspecified atom stereocenters. The van der Waals surface area contributed by atoms with Gasteiger partial charge in [-0.05, 0) is 36.1 Å². The molecule has 158 valence electrons. The minimum atomic E-state index is -0.00655. The predicted octanol–water partition coefficient (Wildman–Crippen LogP) is 2.76. The Bertz CT molecular complexity index is 623. The molecule has 0 spiro atoms. The largest absolute Gasteiger partial charge is 0.377 e. The Labute approximate surface area is 173 Å². The van der Waals surface area contributed by atoms with Crippen molar-refractivity contribution in [2.24, 2.45) is 16.3 Å². The molecule has 7 heteroatoms. The summed E-state index contributed by atoms with van der Waals surface area (Å²) in [4.78, 5) is 19.3. The smallest absolute Gasteiger partial charge is 0.243 e. The van der Waals surface area contributed by atoms with E-state index in [0.717, 1.165) is 39.0 Å². The summed E-state index contributed by atoms with van der Waals surface area (Å²) in [5.74, 6) is 1.13. The number of aliphatic imine (C=N–C) groups is 1. The Morgan fingerprint density at radius 1 is 1.36 bits per heavy atom. The summed E-state index contributed by atoms with van der Waals surface area (Å²) < 4.78 is 6.09. The highest BCUT2D eigenvalue weighted by Crippen LogP contribution is 2.33. The molecule has 0 aliphatic carbocycles. The SMILES string of the molecule is CN(C)C(=O)CN=C(NCCc1cccs1)NCC1CCCOC1C(C)(C)C. The molecule has 6 nitrogen and oxygen atoms in total. The quantitative estimate of drug-likeness (QED) is 0.538. The van der Waals surface area contributed by atoms with E-state index in [1.54, 1.807) is 30.3 Å². The molecule has 0 radical (unpaired) electrons. The van der Waals surface area contributed by atoms with E-state index in [1.807, 2.05) is 0 Å². The maximum absolute atomic E-state index is 11.9. The van der Waals surface area contributed by atoms with E-state index < -0.39 is 0 Å². The van der Waals surface area contributed by atoms with Crippen LogP contribution in [0, 0.1) is 11.3 Å². The van der Waals surface area contributed by atoms with Gasteiger partial charge in [-0.3, -0.25) is 4.79 Å². The number of guanidine groups is 1. The highest BCUT2D eigenvalue weighted by Gasteiger charge is 2.35. The number of carbonyl (C=O) groups excluding carboxylic acids is 1. The lowest BCUT2D eigenvalue weighted by Gasteiger charge is -2.40. The van der Waals surface area contributed by atoms with Crippen LogP contribution in [0.25, 0.3) is 0 Å². The van der Waals surface area contributed by atoms with Crippen molar-refractivity contribution in [2.45, 2.75) is 46.1 Å². The van der Waals surface area contributed by atoms with E-state index in [4.69, 9.17) is 4.74 Å². The molecular formula is C21H36N4O2S. The molecule has 1 saturated heterocycles. The first-order chi connectivity index (χ1) is 13.3. The number of hydrogen-bond acceptors (Lipinski definition) is 4. The van der Waals surface area contributed by atoms with Crippen molar-refractivity contribution >= 4 is 23.2 Å². The van der Waals surface area contributed by atoms with Crippen LogP contribution in [0.3, 0.4) is 0 Å². The van der Waals surface area contributed by atoms with Crippen molar-refractivity contribution in [3.05, 3.63) is 22.4 Å². The third-order valence-electron chi connectivity index (χ3n) is 4.95. The van der Waals surface area contributed by atoms with E-state index in [1.165, 1.54) is 4.88 Å². The van der Waals surface area contributed by atoms with E-state index in [2.05, 4.69) is 53.9 Å². The summed E-state index contributed by atoms with van der Waals surface area (Å²) in [6.45, 7) is 9.27. The van der Waals surface area contributed by atoms with Crippen molar-refractivity contribution in [3.63, 3.8) is 0 Å². The van der Waals surface area contributed by atoms with Crippen molar-refractivity contribution in [2.75, 3.05) is 40.3 Å². The van der Waals surface area contributed by atoms with Crippen molar-refractivity contribution in [1.29, 1.82) is 0 Å². The van der Waals surface area contributed by atoms with Gasteiger partial charge in [0.1, 0.15) is 6.54 Å². The van der Waals surface area contributed by atoms with Gasteiger partial charge in [-0.2, -0.15) is 0 Å². The number of hydrogen-bond donors (Lipinski definition) is 2. The minimum absolute atomic E-state index is 0.00655. The number of carbonyl (C=O) groups is 1. The van der Waals surface area contributed by atoms with Crippen LogP contribution in [0.2, 0.25) is 0 Å². The van der Waals surface area contributed by atoms with Crippen LogP contribution >= 0.6 is 11.3 Å². The first-order valence-corrected chi connectivity index (χ1v) is 11.0. The van der Waals surface area contributed by atoms with E-state index in [9.17, 15) is 4.79 Å². The van der Waals surface area contributed by atoms with Gasteiger partial charge in [-0.1, -0.05) is 26.8 Å². The van der Waals surface area contributed by atoms with E-state index in [0.29, 0.717) is 11.9 Å². The molecule has 0 saturated carbocycles. The number of amides is 1. The predicted molar refractivity (Wildman–Crippen MR) is 117 cm³/mol. The maximum atomic E-state index is 11.9. The fourth-order valence-electron chi connectivity index (χ4n) is 3.46. The van der Waals surface area contributed by atoms with Gasteiger partial charge in [0.05, 0.1) is 6.10 Å². The van der Waals surface area contributed by atoms with Crippen molar-refractivity contribution in [3.8, 4) is 0 Å². The molecule has 1 aromatic rings. The van der Waals surface area contributed by atoms with Gasteiger partial charge in [-0.15, -0.1) is 11.3 Å². The van der Waals surface area contributed by atoms with Gasteiger partial charge < -0.3 is 20.3 Å². The Hall–Kier alpha value is -1.60. The summed E-state index contributed by atoms with van der Waals surface area (Å²) in [6.07, 6.45) is 3.41. The number of ether oxygens (including phenoxy) is 1. The Balaban J connectivity index is 1.94. The van der Waals surface area contributed by atoms with E-state index in [-0.39, 0.29) is 24.0 Å². The number of likely N-dealkylation sites (N-methyl/N-ethyl adjacent to an activating group) is 1. The zero-order valence-electron chi connectivity index (χ0n) is 18.0. The lowest BCUT2D eigenvalue weighted by molar-refractivity contribution is -0.127. The Morgan fingerprint density at radius 2 is 2.14 bits per heavy atom. The molecule has 1 aromatic heterocycles. The van der Waals surface area contributed by atoms with Gasteiger partial charge in [0.2, 0.25) is 5.91 Å². The number of nitrogens with zero attached hydrogens (tertiary/aromatic N) is 2. The molecule has 1 amide bonds. The minimum Gasteiger partial charge on any atom is -0.377 e. The van der Waals surface area contributed by atoms with Crippen molar-refractivity contribution in [1.82, 2.24) is 15.5 Å². The van der Waals surface area contributed by atoms with Crippen LogP contribution in [-0.2, 0) is 16.0 Å². The van der Waals surface area contributed by atoms with Gasteiger partial charge in [0, 0.05) is 44.6 Å². The molecule has 2 heterocycles. The number of thiophene rings is 1. The fraction of sp³-hybridized carbons (Fsp3) is 0.714. The molecule has 2 N–H and O–H groups in total. The third-order valence-corrected chi connectivity index (χ3v) is 5.88. The average molecular weight is 409 g/mol. The third kappa shape index (κ3) is 7.43. The number of rotatable bonds is 7. The van der Waals surface area contributed by atoms with Crippen LogP contribution in [0.5, 0.6) is 0 Å². The summed E-state index contributed by atoms with van der Waals surface area (Å²) >= 11 is 1.76. The summed E-state index contributed by atoms with van der Waals surface area (Å²) in [5.41, 5.74) is 0.109. The standard InChI is InChI=1S/C21H36N4O2S/c1-21(2,3)19-16(8-6-12-27-19)14-23-20(24-15-18(26)25(4)5)22-11-10-17-9-7-13-28-17/h7,9,13,16,19H,6,8,10-12,14-15H2,1-5H3,(H2,22,23,24). The highest BCUT2D eigenvalue weighted by atomic mass is 32.1. The lowest BCUT2D eigenvalue weighted by Crippen LogP contribution is -2.48. The summed E-state index contributed by atoms with van der Waals surface area (Å²) in [6, 6.07) is 4.21. The van der Waals surface area contributed by atoms with E-state index >= 15 is 0 Å². The van der Waals surface area contributed by atoms with Crippen LogP contribution < -0.4 is 10.6 Å². The van der Waals surface area contributed by atoms with Gasteiger partial charge >= 0.3 is 0 Å². The van der Waals surface area contributed by atoms with Crippen LogP contribution in [0.1, 0.15) is 38.5 Å². The fourth-order valence-corrected chi connectivity index (χ4v) is 4.17. The average Bonchev–Trinajstić information content (AvgIpc) is 3.16. The molecular weight excluding hydrogens is 372 g/mol. The zero-order valence-corrected chi connectivity index (χ0v) is 18.8. The zero-order chi connectivity index (χ0) is 20.6. The molecule has 28 heavy (non-hydrogen) atoms. The normalized spacial score (nSPS) is 20.7. The molecule has 1 aliphatic heterocycles. The lowest BCUT2D eigenvalue weighted by atomic mass is 9.78. The molecule has 2 atom stereocenters. The second kappa shape index (κ2) is 10.8. The maximum Gasteiger partial charge on any atom is 0.243 e. The van der Waals surface area contributed by atoms with Gasteiger partial charge in [0.25, 0.3) is 0 Å². The molecule has 2 rings (SSSR count). The first-order valence-electron chi connectivity index (χ1n) is 10.1. The Kier molecular flexibility index (Phi) is 8.76. The second-order valence-electron chi connectivity index (χ2n) is 8.65. The summed E-state index contributed by atoms with van der Waals surface area (Å²) in [7, 11) is 3.50. The second-order valence-corrected chi connectivity index (χ2v) is 9.68. The molecule has 0 bridgehead atoms. The van der Waals surface area contributed by atoms with Crippen LogP contribution in [0.4, 0.5) is 0 Å². The first kappa shape index (κ1) is 22.7. The van der Waals surface area contributed by atoms with Crippen LogP contribution in [0.15, 0.2) is 22.5 Å². The summed E-state index contributed by atoms with van der Waals surface area (Å²) in [5, 5.41) is 8.93. The van der Waals surface area contributed by atoms with Crippen LogP contribution in [-0.4, -0.2) is 63.2 Å². The van der Waals surface area contributed by atoms with Gasteiger partial charge in [-0.25, -0.2) is 4.99 Å². The molecule has 1 aliphatic rings. The van der Waals surface area contributed by atoms with Crippen molar-refractivity contribution < 1.29 is 9.53 Å².